The smallest absolute Gasteiger partial charge is 0.134 e. The predicted molar refractivity (Wildman–Crippen MR) is 236 cm³/mol. The van der Waals surface area contributed by atoms with Crippen molar-refractivity contribution in [3.05, 3.63) is 234 Å². The fraction of sp³-hybridized carbons (Fsp3) is 0.0741. The van der Waals surface area contributed by atoms with Crippen LogP contribution in [0.3, 0.4) is 0 Å². The predicted octanol–water partition coefficient (Wildman–Crippen LogP) is 13.3. The Morgan fingerprint density at radius 3 is 1.84 bits per heavy atom. The van der Waals surface area contributed by atoms with Gasteiger partial charge in [0, 0.05) is 38.9 Å². The summed E-state index contributed by atoms with van der Waals surface area (Å²) in [6, 6.07) is 69.2. The van der Waals surface area contributed by atoms with E-state index in [2.05, 4.69) is 211 Å². The first-order valence-corrected chi connectivity index (χ1v) is 19.7. The topological polar surface area (TPSA) is 55.8 Å². The number of allylic oxidation sites excluding steroid dienone is 6. The van der Waals surface area contributed by atoms with Gasteiger partial charge in [0.2, 0.25) is 0 Å². The summed E-state index contributed by atoms with van der Waals surface area (Å²) in [6.07, 6.45) is 7.22. The van der Waals surface area contributed by atoms with Crippen molar-refractivity contribution in [3.8, 4) is 17.8 Å². The van der Waals surface area contributed by atoms with Crippen molar-refractivity contribution in [1.82, 2.24) is 4.57 Å². The van der Waals surface area contributed by atoms with Crippen LogP contribution in [0.15, 0.2) is 211 Å². The van der Waals surface area contributed by atoms with Crippen molar-refractivity contribution >= 4 is 44.4 Å². The molecule has 1 aromatic heterocycles. The molecule has 0 aliphatic heterocycles. The Kier molecular flexibility index (Phi) is 8.29. The zero-order valence-corrected chi connectivity index (χ0v) is 32.0. The Balaban J connectivity index is 1.30. The fourth-order valence-corrected chi connectivity index (χ4v) is 9.87. The maximum atomic E-state index is 10.5. The lowest BCUT2D eigenvalue weighted by Crippen LogP contribution is -2.45. The van der Waals surface area contributed by atoms with Crippen molar-refractivity contribution in [2.24, 2.45) is 5.41 Å². The van der Waals surface area contributed by atoms with Crippen LogP contribution in [-0.2, 0) is 5.41 Å². The van der Waals surface area contributed by atoms with E-state index < -0.39 is 10.8 Å². The van der Waals surface area contributed by atoms with E-state index in [1.165, 1.54) is 5.39 Å². The summed E-state index contributed by atoms with van der Waals surface area (Å²) in [4.78, 5) is 2.29. The molecule has 2 aliphatic carbocycles. The van der Waals surface area contributed by atoms with Gasteiger partial charge >= 0.3 is 0 Å². The zero-order valence-electron chi connectivity index (χ0n) is 32.0. The second-order valence-electron chi connectivity index (χ2n) is 15.3. The van der Waals surface area contributed by atoms with E-state index in [4.69, 9.17) is 0 Å². The minimum atomic E-state index is -0.789. The third-order valence-corrected chi connectivity index (χ3v) is 12.3. The van der Waals surface area contributed by atoms with Crippen molar-refractivity contribution in [2.45, 2.75) is 18.8 Å². The highest BCUT2D eigenvalue weighted by Crippen LogP contribution is 2.64. The van der Waals surface area contributed by atoms with E-state index in [0.29, 0.717) is 6.42 Å². The molecule has 0 spiro atoms. The Morgan fingerprint density at radius 2 is 1.16 bits per heavy atom. The first kappa shape index (κ1) is 34.8. The first-order valence-electron chi connectivity index (χ1n) is 19.7. The highest BCUT2D eigenvalue weighted by Gasteiger charge is 2.55. The first-order chi connectivity index (χ1) is 28.6. The minimum absolute atomic E-state index is 0.155. The van der Waals surface area contributed by atoms with Gasteiger partial charge in [-0.1, -0.05) is 140 Å². The van der Waals surface area contributed by atoms with E-state index in [1.807, 2.05) is 18.2 Å². The Hall–Kier alpha value is -7.66. The maximum absolute atomic E-state index is 10.5. The van der Waals surface area contributed by atoms with Gasteiger partial charge < -0.3 is 9.47 Å². The summed E-state index contributed by atoms with van der Waals surface area (Å²) in [5, 5.41) is 23.3. The number of anilines is 3. The third kappa shape index (κ3) is 5.13. The molecule has 4 nitrogen and oxygen atoms in total. The monoisotopic (exact) mass is 742 g/mol. The van der Waals surface area contributed by atoms with Crippen molar-refractivity contribution < 1.29 is 0 Å². The van der Waals surface area contributed by atoms with Crippen LogP contribution in [0, 0.1) is 28.1 Å². The van der Waals surface area contributed by atoms with Gasteiger partial charge in [0.05, 0.1) is 16.4 Å². The molecule has 4 heteroatoms. The summed E-state index contributed by atoms with van der Waals surface area (Å²) >= 11 is 0. The van der Waals surface area contributed by atoms with Gasteiger partial charge in [-0.05, 0) is 107 Å². The standard InChI is InChI=1S/C54H38N4/c1-53-34-16-15-27-51(53)54(48-25-13-11-24-46(48)52(53)38(36-55)37-56,39-28-31-44(32-29-39)57(41-17-5-2-6-18-41)42-19-7-3-8-20-42)40-30-33-50-47(35-40)45-23-12-14-26-49(45)58(50)43-21-9-4-10-22-43/h2-33,35H,34H2,1H3. The largest absolute Gasteiger partial charge is 0.311 e. The van der Waals surface area contributed by atoms with Gasteiger partial charge in [0.1, 0.15) is 17.7 Å². The number of nitrogens with zero attached hydrogens (tertiary/aromatic N) is 4. The highest BCUT2D eigenvalue weighted by atomic mass is 15.1. The number of hydrogen-bond donors (Lipinski definition) is 0. The molecule has 7 aromatic carbocycles. The summed E-state index contributed by atoms with van der Waals surface area (Å²) in [5.41, 5.74) is 11.4. The summed E-state index contributed by atoms with van der Waals surface area (Å²) in [5.74, 6) is 0. The molecule has 0 radical (unpaired) electrons. The fourth-order valence-electron chi connectivity index (χ4n) is 9.87. The Morgan fingerprint density at radius 1 is 0.586 bits per heavy atom. The van der Waals surface area contributed by atoms with E-state index >= 15 is 0 Å². The van der Waals surface area contributed by atoms with Crippen molar-refractivity contribution in [3.63, 3.8) is 0 Å². The molecule has 2 aliphatic rings. The molecule has 10 rings (SSSR count). The van der Waals surface area contributed by atoms with Crippen LogP contribution in [0.1, 0.15) is 35.6 Å². The lowest BCUT2D eigenvalue weighted by atomic mass is 9.48. The quantitative estimate of drug-likeness (QED) is 0.159. The van der Waals surface area contributed by atoms with Crippen LogP contribution >= 0.6 is 0 Å². The zero-order chi connectivity index (χ0) is 39.3. The molecule has 0 saturated carbocycles. The molecule has 58 heavy (non-hydrogen) atoms. The van der Waals surface area contributed by atoms with E-state index in [9.17, 15) is 10.5 Å². The molecule has 0 N–H and O–H groups in total. The molecular formula is C54H38N4. The van der Waals surface area contributed by atoms with E-state index in [0.717, 1.165) is 72.6 Å². The molecule has 0 bridgehead atoms. The Bertz CT molecular complexity index is 2990. The number of aromatic nitrogens is 1. The third-order valence-electron chi connectivity index (χ3n) is 12.3. The van der Waals surface area contributed by atoms with E-state index in [1.54, 1.807) is 0 Å². The molecule has 0 fully saturated rings. The molecule has 2 unspecified atom stereocenters. The normalized spacial score (nSPS) is 18.1. The number of nitriles is 2. The van der Waals surface area contributed by atoms with Gasteiger partial charge in [0.25, 0.3) is 0 Å². The number of hydrogen-bond acceptors (Lipinski definition) is 3. The average molecular weight is 743 g/mol. The second kappa shape index (κ2) is 13.8. The van der Waals surface area contributed by atoms with Gasteiger partial charge in [-0.25, -0.2) is 0 Å². The summed E-state index contributed by atoms with van der Waals surface area (Å²) in [6.45, 7) is 2.22. The van der Waals surface area contributed by atoms with Crippen molar-refractivity contribution in [1.29, 1.82) is 10.5 Å². The van der Waals surface area contributed by atoms with Gasteiger partial charge in [-0.15, -0.1) is 0 Å². The van der Waals surface area contributed by atoms with Gasteiger partial charge in [-0.2, -0.15) is 10.5 Å². The molecular weight excluding hydrogens is 705 g/mol. The van der Waals surface area contributed by atoms with E-state index in [-0.39, 0.29) is 5.57 Å². The van der Waals surface area contributed by atoms with Crippen LogP contribution in [0.4, 0.5) is 17.1 Å². The summed E-state index contributed by atoms with van der Waals surface area (Å²) in [7, 11) is 0. The van der Waals surface area contributed by atoms with Crippen LogP contribution in [-0.4, -0.2) is 4.57 Å². The van der Waals surface area contributed by atoms with Crippen LogP contribution < -0.4 is 4.90 Å². The number of rotatable bonds is 6. The number of para-hydroxylation sites is 4. The lowest BCUT2D eigenvalue weighted by Gasteiger charge is -2.53. The molecule has 0 saturated heterocycles. The molecule has 2 atom stereocenters. The molecule has 0 amide bonds. The number of fused-ring (bicyclic) bond motifs is 5. The molecule has 274 valence electrons. The van der Waals surface area contributed by atoms with Crippen LogP contribution in [0.25, 0.3) is 33.1 Å². The van der Waals surface area contributed by atoms with Crippen LogP contribution in [0.5, 0.6) is 0 Å². The molecule has 8 aromatic rings. The summed E-state index contributed by atoms with van der Waals surface area (Å²) < 4.78 is 2.35. The van der Waals surface area contributed by atoms with Crippen molar-refractivity contribution in [2.75, 3.05) is 4.90 Å². The molecule has 1 heterocycles. The maximum Gasteiger partial charge on any atom is 0.134 e. The van der Waals surface area contributed by atoms with Gasteiger partial charge in [-0.3, -0.25) is 0 Å². The highest BCUT2D eigenvalue weighted by molar-refractivity contribution is 6.10. The lowest BCUT2D eigenvalue weighted by molar-refractivity contribution is 0.451. The second-order valence-corrected chi connectivity index (χ2v) is 15.3. The van der Waals surface area contributed by atoms with Crippen LogP contribution in [0.2, 0.25) is 0 Å². The average Bonchev–Trinajstić information content (AvgIpc) is 3.62. The number of benzene rings is 7. The minimum Gasteiger partial charge on any atom is -0.311 e. The van der Waals surface area contributed by atoms with Gasteiger partial charge in [0.15, 0.2) is 0 Å². The SMILES string of the molecule is CC12CC=CC=C1C(c1ccc(N(c3ccccc3)c3ccccc3)cc1)(c1ccc3c(c1)c1ccccc1n3-c1ccccc1)c1ccccc1C2=C(C#N)C#N. The Labute approximate surface area is 338 Å².